The second-order valence-corrected chi connectivity index (χ2v) is 2.66. The predicted octanol–water partition coefficient (Wildman–Crippen LogP) is 3.46. The van der Waals surface area contributed by atoms with Crippen LogP contribution in [0, 0.1) is 6.92 Å². The van der Waals surface area contributed by atoms with E-state index >= 15 is 0 Å². The number of furan rings is 1. The van der Waals surface area contributed by atoms with Crippen molar-refractivity contribution in [2.75, 3.05) is 0 Å². The van der Waals surface area contributed by atoms with Gasteiger partial charge in [0.2, 0.25) is 0 Å². The largest absolute Gasteiger partial charge is 0.466 e. The Labute approximate surface area is 75.4 Å². The Balaban J connectivity index is 2.40. The van der Waals surface area contributed by atoms with Crippen molar-refractivity contribution in [3.8, 4) is 0 Å². The van der Waals surface area contributed by atoms with E-state index in [-0.39, 0.29) is 0 Å². The molecule has 0 N–H and O–H groups in total. The molecule has 0 radical (unpaired) electrons. The van der Waals surface area contributed by atoms with Crippen LogP contribution in [0.15, 0.2) is 34.4 Å². The highest BCUT2D eigenvalue weighted by atomic mass is 19.3. The Kier molecular flexibility index (Phi) is 3.47. The molecule has 0 unspecified atom stereocenters. The second kappa shape index (κ2) is 4.63. The van der Waals surface area contributed by atoms with E-state index in [0.717, 1.165) is 11.5 Å². The topological polar surface area (TPSA) is 13.1 Å². The Morgan fingerprint density at radius 3 is 2.85 bits per heavy atom. The molecule has 0 aliphatic rings. The minimum absolute atomic E-state index is 0.518. The average molecular weight is 184 g/mol. The van der Waals surface area contributed by atoms with Crippen LogP contribution in [0.4, 0.5) is 8.78 Å². The molecule has 0 saturated heterocycles. The van der Waals surface area contributed by atoms with E-state index in [0.29, 0.717) is 12.8 Å². The minimum atomic E-state index is -1.78. The number of rotatable bonds is 3. The smallest absolute Gasteiger partial charge is 0.312 e. The summed E-state index contributed by atoms with van der Waals surface area (Å²) < 4.78 is 28.3. The Morgan fingerprint density at radius 2 is 2.31 bits per heavy atom. The zero-order chi connectivity index (χ0) is 9.68. The third-order valence-corrected chi connectivity index (χ3v) is 1.54. The maximum atomic E-state index is 11.5. The van der Waals surface area contributed by atoms with E-state index < -0.39 is 6.08 Å². The van der Waals surface area contributed by atoms with Crippen molar-refractivity contribution in [3.05, 3.63) is 41.5 Å². The van der Waals surface area contributed by atoms with E-state index in [9.17, 15) is 8.78 Å². The van der Waals surface area contributed by atoms with Gasteiger partial charge in [-0.15, -0.1) is 0 Å². The molecular weight excluding hydrogens is 174 g/mol. The first-order valence-corrected chi connectivity index (χ1v) is 4.00. The van der Waals surface area contributed by atoms with Gasteiger partial charge in [0.25, 0.3) is 0 Å². The summed E-state index contributed by atoms with van der Waals surface area (Å²) in [6, 6.07) is 3.70. The average Bonchev–Trinajstić information content (AvgIpc) is 2.45. The first kappa shape index (κ1) is 9.75. The van der Waals surface area contributed by atoms with Gasteiger partial charge >= 0.3 is 6.08 Å². The van der Waals surface area contributed by atoms with Crippen LogP contribution in [0.2, 0.25) is 0 Å². The number of hydrogen-bond donors (Lipinski definition) is 0. The standard InChI is InChI=1S/C10H10F2O/c1-8-6-7-9(13-8)4-2-3-5-10(11)12/h3,6-7H,2,4H2,1H3. The molecule has 70 valence electrons. The summed E-state index contributed by atoms with van der Waals surface area (Å²) in [4.78, 5) is 0. The number of hydrogen-bond acceptors (Lipinski definition) is 1. The molecule has 0 amide bonds. The Bertz CT molecular complexity index is 328. The quantitative estimate of drug-likeness (QED) is 0.655. The van der Waals surface area contributed by atoms with E-state index in [2.05, 4.69) is 0 Å². The normalized spacial score (nSPS) is 9.46. The summed E-state index contributed by atoms with van der Waals surface area (Å²) in [6.45, 7) is 1.85. The van der Waals surface area contributed by atoms with Gasteiger partial charge in [-0.25, -0.2) is 0 Å². The summed E-state index contributed by atoms with van der Waals surface area (Å²) in [5, 5.41) is 0. The summed E-state index contributed by atoms with van der Waals surface area (Å²) in [5.41, 5.74) is 1.84. The molecule has 1 aromatic rings. The van der Waals surface area contributed by atoms with Crippen molar-refractivity contribution in [3.63, 3.8) is 0 Å². The van der Waals surface area contributed by atoms with E-state index in [1.807, 2.05) is 24.8 Å². The van der Waals surface area contributed by atoms with Gasteiger partial charge in [-0.1, -0.05) is 5.73 Å². The lowest BCUT2D eigenvalue weighted by Crippen LogP contribution is -1.76. The molecule has 1 rings (SSSR count). The van der Waals surface area contributed by atoms with E-state index in [1.54, 1.807) is 0 Å². The molecule has 0 saturated carbocycles. The van der Waals surface area contributed by atoms with Crippen LogP contribution in [-0.2, 0) is 6.42 Å². The van der Waals surface area contributed by atoms with Crippen molar-refractivity contribution in [2.24, 2.45) is 0 Å². The van der Waals surface area contributed by atoms with Gasteiger partial charge in [-0.05, 0) is 31.6 Å². The third-order valence-electron chi connectivity index (χ3n) is 1.54. The fourth-order valence-corrected chi connectivity index (χ4v) is 0.983. The van der Waals surface area contributed by atoms with Gasteiger partial charge in [0.15, 0.2) is 0 Å². The highest BCUT2D eigenvalue weighted by Gasteiger charge is 1.95. The van der Waals surface area contributed by atoms with Crippen LogP contribution >= 0.6 is 0 Å². The molecule has 0 aliphatic heterocycles. The van der Waals surface area contributed by atoms with Crippen molar-refractivity contribution in [1.82, 2.24) is 0 Å². The first-order chi connectivity index (χ1) is 6.18. The van der Waals surface area contributed by atoms with Gasteiger partial charge in [-0.3, -0.25) is 0 Å². The van der Waals surface area contributed by atoms with Crippen LogP contribution in [0.1, 0.15) is 17.9 Å². The van der Waals surface area contributed by atoms with Gasteiger partial charge in [0.1, 0.15) is 11.5 Å². The van der Waals surface area contributed by atoms with Crippen LogP contribution in [0.3, 0.4) is 0 Å². The molecular formula is C10H10F2O. The van der Waals surface area contributed by atoms with Crippen molar-refractivity contribution in [1.29, 1.82) is 0 Å². The molecule has 0 atom stereocenters. The van der Waals surface area contributed by atoms with Gasteiger partial charge in [-0.2, -0.15) is 8.78 Å². The summed E-state index contributed by atoms with van der Waals surface area (Å²) in [7, 11) is 0. The molecule has 3 heteroatoms. The summed E-state index contributed by atoms with van der Waals surface area (Å²) in [5.74, 6) is 1.65. The van der Waals surface area contributed by atoms with Gasteiger partial charge in [0.05, 0.1) is 0 Å². The number of halogens is 2. The lowest BCUT2D eigenvalue weighted by Gasteiger charge is -1.89. The first-order valence-electron chi connectivity index (χ1n) is 4.00. The predicted molar refractivity (Wildman–Crippen MR) is 45.6 cm³/mol. The van der Waals surface area contributed by atoms with Crippen LogP contribution in [-0.4, -0.2) is 0 Å². The SMILES string of the molecule is Cc1ccc(CCC=C=C(F)F)o1. The van der Waals surface area contributed by atoms with E-state index in [1.165, 1.54) is 6.08 Å². The maximum Gasteiger partial charge on any atom is 0.312 e. The van der Waals surface area contributed by atoms with Crippen LogP contribution in [0.5, 0.6) is 0 Å². The van der Waals surface area contributed by atoms with Crippen LogP contribution in [0.25, 0.3) is 0 Å². The highest BCUT2D eigenvalue weighted by Crippen LogP contribution is 2.08. The molecule has 0 aliphatic carbocycles. The van der Waals surface area contributed by atoms with E-state index in [4.69, 9.17) is 4.42 Å². The molecule has 13 heavy (non-hydrogen) atoms. The molecule has 0 fully saturated rings. The van der Waals surface area contributed by atoms with Crippen molar-refractivity contribution >= 4 is 0 Å². The fourth-order valence-electron chi connectivity index (χ4n) is 0.983. The van der Waals surface area contributed by atoms with Gasteiger partial charge < -0.3 is 4.42 Å². The zero-order valence-electron chi connectivity index (χ0n) is 7.31. The van der Waals surface area contributed by atoms with Gasteiger partial charge in [0, 0.05) is 6.42 Å². The fraction of sp³-hybridized carbons (Fsp3) is 0.300. The minimum Gasteiger partial charge on any atom is -0.466 e. The Morgan fingerprint density at radius 1 is 1.54 bits per heavy atom. The number of aryl methyl sites for hydroxylation is 2. The summed E-state index contributed by atoms with van der Waals surface area (Å²) >= 11 is 0. The molecule has 0 spiro atoms. The lowest BCUT2D eigenvalue weighted by molar-refractivity contribution is 0.423. The zero-order valence-corrected chi connectivity index (χ0v) is 7.31. The molecule has 0 bridgehead atoms. The highest BCUT2D eigenvalue weighted by molar-refractivity contribution is 5.06. The maximum absolute atomic E-state index is 11.5. The molecule has 1 nitrogen and oxygen atoms in total. The molecule has 1 aromatic heterocycles. The lowest BCUT2D eigenvalue weighted by atomic mass is 10.2. The van der Waals surface area contributed by atoms with Crippen molar-refractivity contribution < 1.29 is 13.2 Å². The number of allylic oxidation sites excluding steroid dienone is 1. The summed E-state index contributed by atoms with van der Waals surface area (Å²) in [6.07, 6.45) is 0.682. The molecule has 0 aromatic carbocycles. The van der Waals surface area contributed by atoms with Crippen molar-refractivity contribution in [2.45, 2.75) is 19.8 Å². The van der Waals surface area contributed by atoms with Crippen LogP contribution < -0.4 is 0 Å². The molecule has 1 heterocycles. The third kappa shape index (κ3) is 3.72. The second-order valence-electron chi connectivity index (χ2n) is 2.66. The monoisotopic (exact) mass is 184 g/mol. The Hall–Kier alpha value is -1.34.